The van der Waals surface area contributed by atoms with Crippen LogP contribution in [0.2, 0.25) is 0 Å². The fourth-order valence-corrected chi connectivity index (χ4v) is 1.68. The van der Waals surface area contributed by atoms with Crippen molar-refractivity contribution < 1.29 is 0 Å². The predicted octanol–water partition coefficient (Wildman–Crippen LogP) is 3.58. The second kappa shape index (κ2) is 5.82. The predicted molar refractivity (Wildman–Crippen MR) is 62.2 cm³/mol. The summed E-state index contributed by atoms with van der Waals surface area (Å²) in [6.45, 7) is 4.33. The first-order chi connectivity index (χ1) is 6.74. The maximum atomic E-state index is 6.10. The van der Waals surface area contributed by atoms with E-state index in [0.29, 0.717) is 0 Å². The van der Waals surface area contributed by atoms with E-state index in [9.17, 15) is 0 Å². The molecule has 0 aliphatic carbocycles. The number of hydrogen-bond donors (Lipinski definition) is 1. The molecule has 1 rings (SSSR count). The average molecular weight is 191 g/mol. The monoisotopic (exact) mass is 191 g/mol. The molecule has 0 radical (unpaired) electrons. The van der Waals surface area contributed by atoms with Gasteiger partial charge in [-0.1, -0.05) is 56.0 Å². The van der Waals surface area contributed by atoms with Crippen molar-refractivity contribution in [2.45, 2.75) is 45.6 Å². The Balaban J connectivity index is 2.47. The molecule has 14 heavy (non-hydrogen) atoms. The van der Waals surface area contributed by atoms with Gasteiger partial charge in [0, 0.05) is 6.04 Å². The molecule has 0 spiro atoms. The Hall–Kier alpha value is -0.820. The van der Waals surface area contributed by atoms with Crippen LogP contribution >= 0.6 is 0 Å². The standard InChI is InChI=1S/C13H21N/c1-3-4-5-9-13(14)12-8-6-7-11(2)10-12/h6-8,10,13H,3-5,9,14H2,1-2H3/t13-/m1/s1. The van der Waals surface area contributed by atoms with Gasteiger partial charge < -0.3 is 5.73 Å². The van der Waals surface area contributed by atoms with Crippen molar-refractivity contribution in [3.8, 4) is 0 Å². The lowest BCUT2D eigenvalue weighted by Crippen LogP contribution is -2.10. The summed E-state index contributed by atoms with van der Waals surface area (Å²) >= 11 is 0. The Bertz CT molecular complexity index is 268. The first kappa shape index (κ1) is 11.3. The first-order valence-electron chi connectivity index (χ1n) is 5.56. The fourth-order valence-electron chi connectivity index (χ4n) is 1.68. The zero-order chi connectivity index (χ0) is 10.4. The molecule has 0 unspecified atom stereocenters. The summed E-state index contributed by atoms with van der Waals surface area (Å²) in [5.41, 5.74) is 8.68. The van der Waals surface area contributed by atoms with Crippen molar-refractivity contribution in [2.75, 3.05) is 0 Å². The van der Waals surface area contributed by atoms with Crippen molar-refractivity contribution >= 4 is 0 Å². The van der Waals surface area contributed by atoms with Gasteiger partial charge in [0.05, 0.1) is 0 Å². The Morgan fingerprint density at radius 2 is 2.07 bits per heavy atom. The Morgan fingerprint density at radius 3 is 2.71 bits per heavy atom. The van der Waals surface area contributed by atoms with Gasteiger partial charge in [-0.3, -0.25) is 0 Å². The van der Waals surface area contributed by atoms with E-state index in [4.69, 9.17) is 5.73 Å². The number of unbranched alkanes of at least 4 members (excludes halogenated alkanes) is 2. The highest BCUT2D eigenvalue weighted by atomic mass is 14.6. The molecule has 0 saturated heterocycles. The number of benzene rings is 1. The van der Waals surface area contributed by atoms with E-state index in [1.165, 1.54) is 30.4 Å². The van der Waals surface area contributed by atoms with E-state index in [1.807, 2.05) is 0 Å². The molecule has 1 atom stereocenters. The average Bonchev–Trinajstić information content (AvgIpc) is 2.18. The van der Waals surface area contributed by atoms with Crippen molar-refractivity contribution in [2.24, 2.45) is 5.73 Å². The molecule has 0 saturated carbocycles. The zero-order valence-corrected chi connectivity index (χ0v) is 9.29. The molecule has 2 N–H and O–H groups in total. The van der Waals surface area contributed by atoms with E-state index >= 15 is 0 Å². The van der Waals surface area contributed by atoms with Gasteiger partial charge in [-0.15, -0.1) is 0 Å². The van der Waals surface area contributed by atoms with Crippen LogP contribution in [-0.4, -0.2) is 0 Å². The number of rotatable bonds is 5. The number of aryl methyl sites for hydroxylation is 1. The summed E-state index contributed by atoms with van der Waals surface area (Å²) < 4.78 is 0. The molecule has 0 aliphatic rings. The molecule has 0 bridgehead atoms. The van der Waals surface area contributed by atoms with Gasteiger partial charge >= 0.3 is 0 Å². The molecule has 1 aromatic carbocycles. The maximum absolute atomic E-state index is 6.10. The highest BCUT2D eigenvalue weighted by molar-refractivity contribution is 5.24. The van der Waals surface area contributed by atoms with Gasteiger partial charge in [-0.25, -0.2) is 0 Å². The zero-order valence-electron chi connectivity index (χ0n) is 9.29. The van der Waals surface area contributed by atoms with E-state index in [0.717, 1.165) is 6.42 Å². The number of hydrogen-bond acceptors (Lipinski definition) is 1. The van der Waals surface area contributed by atoms with Crippen LogP contribution in [0.5, 0.6) is 0 Å². The molecule has 0 amide bonds. The van der Waals surface area contributed by atoms with Gasteiger partial charge in [-0.05, 0) is 18.9 Å². The molecular formula is C13H21N. The molecule has 1 nitrogen and oxygen atoms in total. The molecular weight excluding hydrogens is 170 g/mol. The first-order valence-corrected chi connectivity index (χ1v) is 5.56. The van der Waals surface area contributed by atoms with Gasteiger partial charge in [0.1, 0.15) is 0 Å². The quantitative estimate of drug-likeness (QED) is 0.707. The van der Waals surface area contributed by atoms with E-state index < -0.39 is 0 Å². The Morgan fingerprint density at radius 1 is 1.29 bits per heavy atom. The lowest BCUT2D eigenvalue weighted by molar-refractivity contribution is 0.581. The van der Waals surface area contributed by atoms with E-state index in [2.05, 4.69) is 38.1 Å². The lowest BCUT2D eigenvalue weighted by Gasteiger charge is -2.12. The summed E-state index contributed by atoms with van der Waals surface area (Å²) in [4.78, 5) is 0. The molecule has 1 aromatic rings. The fraction of sp³-hybridized carbons (Fsp3) is 0.538. The van der Waals surface area contributed by atoms with Crippen LogP contribution in [0, 0.1) is 6.92 Å². The Labute approximate surface area is 87.3 Å². The number of nitrogens with two attached hydrogens (primary N) is 1. The third-order valence-electron chi connectivity index (χ3n) is 2.59. The SMILES string of the molecule is CCCCC[C@@H](N)c1cccc(C)c1. The third kappa shape index (κ3) is 3.51. The van der Waals surface area contributed by atoms with E-state index in [1.54, 1.807) is 0 Å². The maximum Gasteiger partial charge on any atom is 0.0294 e. The lowest BCUT2D eigenvalue weighted by atomic mass is 10.00. The Kier molecular flexibility index (Phi) is 4.68. The smallest absolute Gasteiger partial charge is 0.0294 e. The molecule has 0 aromatic heterocycles. The van der Waals surface area contributed by atoms with Gasteiger partial charge in [0.15, 0.2) is 0 Å². The van der Waals surface area contributed by atoms with Gasteiger partial charge in [0.2, 0.25) is 0 Å². The van der Waals surface area contributed by atoms with Crippen molar-refractivity contribution in [1.82, 2.24) is 0 Å². The van der Waals surface area contributed by atoms with Crippen molar-refractivity contribution in [3.05, 3.63) is 35.4 Å². The van der Waals surface area contributed by atoms with Crippen molar-refractivity contribution in [3.63, 3.8) is 0 Å². The van der Waals surface area contributed by atoms with Crippen LogP contribution in [0.4, 0.5) is 0 Å². The minimum Gasteiger partial charge on any atom is -0.324 e. The van der Waals surface area contributed by atoms with Crippen LogP contribution < -0.4 is 5.73 Å². The molecule has 0 fully saturated rings. The topological polar surface area (TPSA) is 26.0 Å². The second-order valence-corrected chi connectivity index (χ2v) is 4.02. The molecule has 1 heteroatoms. The van der Waals surface area contributed by atoms with Gasteiger partial charge in [-0.2, -0.15) is 0 Å². The minimum absolute atomic E-state index is 0.224. The highest BCUT2D eigenvalue weighted by Gasteiger charge is 2.04. The molecule has 78 valence electrons. The van der Waals surface area contributed by atoms with E-state index in [-0.39, 0.29) is 6.04 Å². The second-order valence-electron chi connectivity index (χ2n) is 4.02. The van der Waals surface area contributed by atoms with Crippen LogP contribution in [-0.2, 0) is 0 Å². The van der Waals surface area contributed by atoms with Crippen LogP contribution in [0.1, 0.15) is 49.8 Å². The molecule has 0 heterocycles. The normalized spacial score (nSPS) is 12.8. The largest absolute Gasteiger partial charge is 0.324 e. The summed E-state index contributed by atoms with van der Waals surface area (Å²) in [5.74, 6) is 0. The van der Waals surface area contributed by atoms with Gasteiger partial charge in [0.25, 0.3) is 0 Å². The summed E-state index contributed by atoms with van der Waals surface area (Å²) in [7, 11) is 0. The van der Waals surface area contributed by atoms with Crippen LogP contribution in [0.25, 0.3) is 0 Å². The summed E-state index contributed by atoms with van der Waals surface area (Å²) in [6.07, 6.45) is 4.91. The third-order valence-corrected chi connectivity index (χ3v) is 2.59. The summed E-state index contributed by atoms with van der Waals surface area (Å²) in [5, 5.41) is 0. The van der Waals surface area contributed by atoms with Crippen LogP contribution in [0.3, 0.4) is 0 Å². The summed E-state index contributed by atoms with van der Waals surface area (Å²) in [6, 6.07) is 8.74. The van der Waals surface area contributed by atoms with Crippen molar-refractivity contribution in [1.29, 1.82) is 0 Å². The molecule has 0 aliphatic heterocycles. The minimum atomic E-state index is 0.224. The van der Waals surface area contributed by atoms with Crippen LogP contribution in [0.15, 0.2) is 24.3 Å². The highest BCUT2D eigenvalue weighted by Crippen LogP contribution is 2.17.